The van der Waals surface area contributed by atoms with Gasteiger partial charge in [-0.1, -0.05) is 19.1 Å². The van der Waals surface area contributed by atoms with Gasteiger partial charge in [0.2, 0.25) is 17.8 Å². The van der Waals surface area contributed by atoms with Gasteiger partial charge in [-0.15, -0.1) is 0 Å². The van der Waals surface area contributed by atoms with Crippen LogP contribution in [0.1, 0.15) is 18.3 Å². The zero-order valence-corrected chi connectivity index (χ0v) is 20.7. The van der Waals surface area contributed by atoms with Crippen LogP contribution in [0.15, 0.2) is 35.5 Å². The van der Waals surface area contributed by atoms with Crippen molar-refractivity contribution in [2.45, 2.75) is 24.5 Å². The molecule has 3 aromatic rings. The van der Waals surface area contributed by atoms with Crippen LogP contribution >= 0.6 is 0 Å². The molecule has 0 radical (unpaired) electrons. The van der Waals surface area contributed by atoms with E-state index in [0.717, 1.165) is 44.6 Å². The van der Waals surface area contributed by atoms with E-state index in [0.29, 0.717) is 18.2 Å². The van der Waals surface area contributed by atoms with Gasteiger partial charge < -0.3 is 9.80 Å². The molecule has 1 aliphatic heterocycles. The highest BCUT2D eigenvalue weighted by atomic mass is 32.2. The van der Waals surface area contributed by atoms with E-state index < -0.39 is 21.6 Å². The van der Waals surface area contributed by atoms with Gasteiger partial charge in [0.1, 0.15) is 5.82 Å². The van der Waals surface area contributed by atoms with E-state index in [9.17, 15) is 21.6 Å². The lowest BCUT2D eigenvalue weighted by atomic mass is 10.1. The Bertz CT molecular complexity index is 1340. The van der Waals surface area contributed by atoms with Crippen LogP contribution in [0.5, 0.6) is 0 Å². The first-order valence-corrected chi connectivity index (χ1v) is 13.0. The lowest BCUT2D eigenvalue weighted by Crippen LogP contribution is -2.45. The molecular formula is C22H25F3N8O2S. The van der Waals surface area contributed by atoms with E-state index in [1.54, 1.807) is 0 Å². The van der Waals surface area contributed by atoms with E-state index in [1.165, 1.54) is 18.3 Å². The summed E-state index contributed by atoms with van der Waals surface area (Å²) in [7, 11) is -1.82. The maximum atomic E-state index is 12.9. The summed E-state index contributed by atoms with van der Waals surface area (Å²) in [5, 5.41) is 2.52. The van der Waals surface area contributed by atoms with Gasteiger partial charge in [-0.2, -0.15) is 28.1 Å². The number of nitrogens with zero attached hydrogens (tertiary/aromatic N) is 7. The molecule has 0 saturated carbocycles. The van der Waals surface area contributed by atoms with Gasteiger partial charge in [-0.25, -0.2) is 18.4 Å². The molecule has 1 aromatic carbocycles. The zero-order valence-electron chi connectivity index (χ0n) is 19.9. The largest absolute Gasteiger partial charge is 0.416 e. The minimum Gasteiger partial charge on any atom is -0.338 e. The van der Waals surface area contributed by atoms with Crippen LogP contribution in [0, 0.1) is 0 Å². The number of anilines is 3. The Morgan fingerprint density at radius 1 is 0.972 bits per heavy atom. The van der Waals surface area contributed by atoms with E-state index >= 15 is 0 Å². The maximum Gasteiger partial charge on any atom is 0.416 e. The number of alkyl halides is 3. The van der Waals surface area contributed by atoms with Gasteiger partial charge in [0.05, 0.1) is 5.56 Å². The van der Waals surface area contributed by atoms with Crippen molar-refractivity contribution in [3.63, 3.8) is 0 Å². The van der Waals surface area contributed by atoms with Crippen molar-refractivity contribution < 1.29 is 21.6 Å². The third-order valence-corrected chi connectivity index (χ3v) is 6.64. The van der Waals surface area contributed by atoms with Crippen molar-refractivity contribution in [3.05, 3.63) is 41.9 Å². The van der Waals surface area contributed by atoms with Crippen molar-refractivity contribution in [2.24, 2.45) is 0 Å². The highest BCUT2D eigenvalue weighted by molar-refractivity contribution is 7.90. The number of hydrogen-bond donors (Lipinski definition) is 1. The molecule has 0 atom stereocenters. The average Bonchev–Trinajstić information content (AvgIpc) is 2.83. The average molecular weight is 523 g/mol. The molecular weight excluding hydrogens is 497 g/mol. The van der Waals surface area contributed by atoms with E-state index in [4.69, 9.17) is 0 Å². The number of rotatable bonds is 6. The van der Waals surface area contributed by atoms with E-state index in [1.807, 2.05) is 18.9 Å². The molecule has 0 bridgehead atoms. The van der Waals surface area contributed by atoms with Crippen molar-refractivity contribution >= 4 is 27.7 Å². The fourth-order valence-electron chi connectivity index (χ4n) is 3.62. The van der Waals surface area contributed by atoms with Gasteiger partial charge in [0.25, 0.3) is 0 Å². The summed E-state index contributed by atoms with van der Waals surface area (Å²) in [5.74, 6) is 1.15. The summed E-state index contributed by atoms with van der Waals surface area (Å²) in [6.45, 7) is 5.13. The fraction of sp³-hybridized carbons (Fsp3) is 0.409. The summed E-state index contributed by atoms with van der Waals surface area (Å²) < 4.78 is 63.7. The Balaban J connectivity index is 1.66. The predicted molar refractivity (Wildman–Crippen MR) is 128 cm³/mol. The normalized spacial score (nSPS) is 15.2. The topological polar surface area (TPSA) is 117 Å². The third kappa shape index (κ3) is 5.87. The van der Waals surface area contributed by atoms with Gasteiger partial charge in [0.15, 0.2) is 14.9 Å². The summed E-state index contributed by atoms with van der Waals surface area (Å²) in [5.41, 5.74) is -0.523. The van der Waals surface area contributed by atoms with Crippen molar-refractivity contribution in [1.82, 2.24) is 29.8 Å². The molecule has 3 heterocycles. The number of nitrogens with one attached hydrogen (secondary N) is 1. The quantitative estimate of drug-likeness (QED) is 0.484. The summed E-state index contributed by atoms with van der Waals surface area (Å²) in [6.07, 6.45) is -1.73. The van der Waals surface area contributed by atoms with Gasteiger partial charge in [0, 0.05) is 50.6 Å². The van der Waals surface area contributed by atoms with Crippen LogP contribution < -0.4 is 10.2 Å². The number of benzene rings is 1. The number of hydrogen-bond acceptors (Lipinski definition) is 10. The Morgan fingerprint density at radius 3 is 2.22 bits per heavy atom. The first kappa shape index (κ1) is 25.7. The molecule has 1 fully saturated rings. The van der Waals surface area contributed by atoms with Crippen LogP contribution in [0.2, 0.25) is 0 Å². The maximum absolute atomic E-state index is 12.9. The molecule has 0 aliphatic carbocycles. The summed E-state index contributed by atoms with van der Waals surface area (Å²) in [4.78, 5) is 25.9. The lowest BCUT2D eigenvalue weighted by molar-refractivity contribution is -0.137. The Hall–Kier alpha value is -3.39. The number of aromatic nitrogens is 5. The Labute approximate surface area is 206 Å². The summed E-state index contributed by atoms with van der Waals surface area (Å²) >= 11 is 0. The van der Waals surface area contributed by atoms with Gasteiger partial charge >= 0.3 is 6.18 Å². The SMILES string of the molecule is CCc1nc(Nc2ncc(-c3ccc(C(F)(F)F)cc3)c(S(C)(=O)=O)n2)nc(N2CCN(C)CC2)n1. The van der Waals surface area contributed by atoms with Crippen LogP contribution in [-0.2, 0) is 22.4 Å². The molecule has 1 saturated heterocycles. The Kier molecular flexibility index (Phi) is 7.09. The number of aryl methyl sites for hydroxylation is 1. The second-order valence-electron chi connectivity index (χ2n) is 8.40. The second-order valence-corrected chi connectivity index (χ2v) is 10.3. The minimum absolute atomic E-state index is 0.0660. The Morgan fingerprint density at radius 2 is 1.64 bits per heavy atom. The predicted octanol–water partition coefficient (Wildman–Crippen LogP) is 2.81. The number of halogens is 3. The zero-order chi connectivity index (χ0) is 26.1. The smallest absolute Gasteiger partial charge is 0.338 e. The van der Waals surface area contributed by atoms with Crippen molar-refractivity contribution in [2.75, 3.05) is 49.7 Å². The number of piperazine rings is 1. The second kappa shape index (κ2) is 9.93. The van der Waals surface area contributed by atoms with Crippen LogP contribution in [0.3, 0.4) is 0 Å². The minimum atomic E-state index is -4.51. The van der Waals surface area contributed by atoms with Crippen molar-refractivity contribution in [3.8, 4) is 11.1 Å². The van der Waals surface area contributed by atoms with Crippen LogP contribution in [-0.4, -0.2) is 77.7 Å². The van der Waals surface area contributed by atoms with Gasteiger partial charge in [-0.05, 0) is 24.7 Å². The molecule has 1 aliphatic rings. The van der Waals surface area contributed by atoms with E-state index in [2.05, 4.69) is 35.1 Å². The molecule has 10 nitrogen and oxygen atoms in total. The monoisotopic (exact) mass is 522 g/mol. The van der Waals surface area contributed by atoms with Crippen LogP contribution in [0.25, 0.3) is 11.1 Å². The first-order chi connectivity index (χ1) is 16.9. The number of sulfone groups is 1. The fourth-order valence-corrected chi connectivity index (χ4v) is 4.44. The first-order valence-electron chi connectivity index (χ1n) is 11.1. The highest BCUT2D eigenvalue weighted by Crippen LogP contribution is 2.32. The molecule has 0 spiro atoms. The van der Waals surface area contributed by atoms with E-state index in [-0.39, 0.29) is 28.0 Å². The molecule has 1 N–H and O–H groups in total. The third-order valence-electron chi connectivity index (χ3n) is 5.62. The molecule has 14 heteroatoms. The highest BCUT2D eigenvalue weighted by Gasteiger charge is 2.30. The molecule has 36 heavy (non-hydrogen) atoms. The standard InChI is InChI=1S/C22H25F3N8O2S/c1-4-17-27-20(31-21(28-17)33-11-9-32(2)10-12-33)30-19-26-13-16(18(29-19)36(3,34)35)14-5-7-15(8-6-14)22(23,24)25/h5-8,13H,4,9-12H2,1-3H3,(H,26,27,28,29,30,31). The molecule has 0 unspecified atom stereocenters. The van der Waals surface area contributed by atoms with Crippen LogP contribution in [0.4, 0.5) is 31.0 Å². The molecule has 4 rings (SSSR count). The van der Waals surface area contributed by atoms with Gasteiger partial charge in [-0.3, -0.25) is 5.32 Å². The lowest BCUT2D eigenvalue weighted by Gasteiger charge is -2.32. The molecule has 0 amide bonds. The molecule has 2 aromatic heterocycles. The summed E-state index contributed by atoms with van der Waals surface area (Å²) in [6, 6.07) is 4.13. The number of likely N-dealkylation sites (N-methyl/N-ethyl adjacent to an activating group) is 1. The molecule has 192 valence electrons. The van der Waals surface area contributed by atoms with Crippen molar-refractivity contribution in [1.29, 1.82) is 0 Å².